The van der Waals surface area contributed by atoms with Crippen LogP contribution in [0.3, 0.4) is 0 Å². The largest absolute Gasteiger partial charge is 0.353 e. The number of benzene rings is 1. The molecule has 2 aromatic heterocycles. The van der Waals surface area contributed by atoms with E-state index in [0.717, 1.165) is 24.0 Å². The highest BCUT2D eigenvalue weighted by atomic mass is 32.2. The number of carbonyl (C=O) groups is 1. The molecule has 3 aromatic rings. The third kappa shape index (κ3) is 4.78. The van der Waals surface area contributed by atoms with Gasteiger partial charge in [-0.05, 0) is 29.9 Å². The van der Waals surface area contributed by atoms with E-state index < -0.39 is 0 Å². The van der Waals surface area contributed by atoms with Crippen LogP contribution in [-0.2, 0) is 4.79 Å². The van der Waals surface area contributed by atoms with E-state index in [4.69, 9.17) is 0 Å². The third-order valence-corrected chi connectivity index (χ3v) is 7.37. The fraction of sp³-hybridized carbons (Fsp3) is 0.435. The zero-order chi connectivity index (χ0) is 21.1. The molecule has 7 heteroatoms. The summed E-state index contributed by atoms with van der Waals surface area (Å²) in [5.41, 5.74) is 3.05. The molecule has 0 spiro atoms. The van der Waals surface area contributed by atoms with Crippen LogP contribution >= 0.6 is 23.1 Å². The lowest BCUT2D eigenvalue weighted by atomic mass is 9.95. The molecule has 1 aliphatic carbocycles. The van der Waals surface area contributed by atoms with Gasteiger partial charge in [0, 0.05) is 17.0 Å². The molecular weight excluding hydrogens is 414 g/mol. The molecule has 0 atom stereocenters. The van der Waals surface area contributed by atoms with E-state index in [-0.39, 0.29) is 17.2 Å². The predicted octanol–water partition coefficient (Wildman–Crippen LogP) is 5.32. The van der Waals surface area contributed by atoms with Crippen LogP contribution in [0.1, 0.15) is 57.4 Å². The zero-order valence-electron chi connectivity index (χ0n) is 17.4. The number of aromatic nitrogens is 2. The van der Waals surface area contributed by atoms with Crippen LogP contribution in [0.15, 0.2) is 39.6 Å². The van der Waals surface area contributed by atoms with Gasteiger partial charge in [-0.25, -0.2) is 4.98 Å². The van der Waals surface area contributed by atoms with E-state index in [1.54, 1.807) is 0 Å². The smallest absolute Gasteiger partial charge is 0.260 e. The van der Waals surface area contributed by atoms with E-state index in [9.17, 15) is 9.59 Å². The van der Waals surface area contributed by atoms with Gasteiger partial charge in [-0.3, -0.25) is 9.59 Å². The molecule has 5 nitrogen and oxygen atoms in total. The van der Waals surface area contributed by atoms with Crippen molar-refractivity contribution in [1.82, 2.24) is 15.3 Å². The lowest BCUT2D eigenvalue weighted by molar-refractivity contribution is -0.119. The topological polar surface area (TPSA) is 74.8 Å². The number of H-pyrrole nitrogens is 1. The molecule has 1 aliphatic rings. The molecule has 1 amide bonds. The van der Waals surface area contributed by atoms with Crippen molar-refractivity contribution < 1.29 is 4.79 Å². The second kappa shape index (κ2) is 9.35. The monoisotopic (exact) mass is 441 g/mol. The Kier molecular flexibility index (Phi) is 6.58. The molecular formula is C23H27N3O2S2. The summed E-state index contributed by atoms with van der Waals surface area (Å²) in [6, 6.07) is 8.65. The maximum Gasteiger partial charge on any atom is 0.260 e. The average molecular weight is 442 g/mol. The van der Waals surface area contributed by atoms with Crippen LogP contribution in [0.2, 0.25) is 0 Å². The van der Waals surface area contributed by atoms with Gasteiger partial charge in [0.1, 0.15) is 4.83 Å². The van der Waals surface area contributed by atoms with E-state index in [1.165, 1.54) is 47.9 Å². The number of aromatic amines is 1. The second-order valence-corrected chi connectivity index (χ2v) is 9.99. The standard InChI is InChI=1S/C23H27N3O2S2/c1-14(2)15-8-10-16(11-9-15)18-12-29-22-20(18)21(28)25-23(26-22)30-13-19(27)24-17-6-4-3-5-7-17/h8-12,14,17H,3-7,13H2,1-2H3,(H,24,27)(H,25,26,28). The maximum atomic E-state index is 12.8. The fourth-order valence-corrected chi connectivity index (χ4v) is 5.59. The van der Waals surface area contributed by atoms with Gasteiger partial charge in [-0.15, -0.1) is 11.3 Å². The Labute approximate surface area is 184 Å². The van der Waals surface area contributed by atoms with E-state index in [2.05, 4.69) is 53.4 Å². The summed E-state index contributed by atoms with van der Waals surface area (Å²) >= 11 is 2.75. The Morgan fingerprint density at radius 2 is 1.97 bits per heavy atom. The van der Waals surface area contributed by atoms with Crippen LogP contribution < -0.4 is 10.9 Å². The Morgan fingerprint density at radius 3 is 2.67 bits per heavy atom. The third-order valence-electron chi connectivity index (χ3n) is 5.62. The Bertz CT molecular complexity index is 1080. The number of nitrogens with zero attached hydrogens (tertiary/aromatic N) is 1. The van der Waals surface area contributed by atoms with Crippen LogP contribution in [0.5, 0.6) is 0 Å². The number of nitrogens with one attached hydrogen (secondary N) is 2. The second-order valence-electron chi connectivity index (χ2n) is 8.17. The number of hydrogen-bond donors (Lipinski definition) is 2. The van der Waals surface area contributed by atoms with Gasteiger partial charge >= 0.3 is 0 Å². The van der Waals surface area contributed by atoms with Crippen molar-refractivity contribution in [2.24, 2.45) is 0 Å². The number of amides is 1. The molecule has 4 rings (SSSR count). The first-order valence-electron chi connectivity index (χ1n) is 10.6. The number of thiophene rings is 1. The molecule has 1 fully saturated rings. The summed E-state index contributed by atoms with van der Waals surface area (Å²) in [6.45, 7) is 4.33. The molecule has 1 saturated carbocycles. The highest BCUT2D eigenvalue weighted by molar-refractivity contribution is 7.99. The van der Waals surface area contributed by atoms with Crippen LogP contribution in [-0.4, -0.2) is 27.7 Å². The van der Waals surface area contributed by atoms with Crippen LogP contribution in [0, 0.1) is 0 Å². The molecule has 0 bridgehead atoms. The summed E-state index contributed by atoms with van der Waals surface area (Å²) in [7, 11) is 0. The van der Waals surface area contributed by atoms with Gasteiger partial charge in [-0.2, -0.15) is 0 Å². The van der Waals surface area contributed by atoms with Gasteiger partial charge in [0.15, 0.2) is 5.16 Å². The van der Waals surface area contributed by atoms with Gasteiger partial charge in [0.25, 0.3) is 5.56 Å². The quantitative estimate of drug-likeness (QED) is 0.401. The fourth-order valence-electron chi connectivity index (χ4n) is 3.91. The number of rotatable bonds is 6. The summed E-state index contributed by atoms with van der Waals surface area (Å²) in [6.07, 6.45) is 5.76. The molecule has 1 aromatic carbocycles. The van der Waals surface area contributed by atoms with Gasteiger partial charge in [-0.1, -0.05) is 69.1 Å². The minimum absolute atomic E-state index is 0.00626. The predicted molar refractivity (Wildman–Crippen MR) is 126 cm³/mol. The van der Waals surface area contributed by atoms with E-state index in [0.29, 0.717) is 27.3 Å². The number of fused-ring (bicyclic) bond motifs is 1. The van der Waals surface area contributed by atoms with Crippen molar-refractivity contribution in [2.75, 3.05) is 5.75 Å². The molecule has 0 radical (unpaired) electrons. The average Bonchev–Trinajstić information content (AvgIpc) is 3.18. The number of hydrogen-bond acceptors (Lipinski definition) is 5. The zero-order valence-corrected chi connectivity index (χ0v) is 19.0. The molecule has 158 valence electrons. The maximum absolute atomic E-state index is 12.8. The van der Waals surface area contributed by atoms with Crippen molar-refractivity contribution >= 4 is 39.2 Å². The van der Waals surface area contributed by atoms with Crippen LogP contribution in [0.4, 0.5) is 0 Å². The van der Waals surface area contributed by atoms with Crippen molar-refractivity contribution in [2.45, 2.75) is 63.1 Å². The molecule has 0 unspecified atom stereocenters. The minimum Gasteiger partial charge on any atom is -0.353 e. The molecule has 0 saturated heterocycles. The van der Waals surface area contributed by atoms with E-state index in [1.807, 2.05) is 5.38 Å². The van der Waals surface area contributed by atoms with Gasteiger partial charge in [0.2, 0.25) is 5.91 Å². The molecule has 0 aliphatic heterocycles. The van der Waals surface area contributed by atoms with Gasteiger partial charge in [0.05, 0.1) is 11.1 Å². The minimum atomic E-state index is -0.153. The highest BCUT2D eigenvalue weighted by Crippen LogP contribution is 2.32. The molecule has 30 heavy (non-hydrogen) atoms. The summed E-state index contributed by atoms with van der Waals surface area (Å²) in [5.74, 6) is 0.741. The van der Waals surface area contributed by atoms with Crippen molar-refractivity contribution in [3.63, 3.8) is 0 Å². The summed E-state index contributed by atoms with van der Waals surface area (Å²) in [4.78, 5) is 33.2. The Balaban J connectivity index is 1.48. The summed E-state index contributed by atoms with van der Waals surface area (Å²) in [5, 5.41) is 6.20. The lowest BCUT2D eigenvalue weighted by Gasteiger charge is -2.22. The van der Waals surface area contributed by atoms with Crippen LogP contribution in [0.25, 0.3) is 21.3 Å². The first kappa shape index (κ1) is 21.1. The highest BCUT2D eigenvalue weighted by Gasteiger charge is 2.17. The van der Waals surface area contributed by atoms with Crippen molar-refractivity contribution in [1.29, 1.82) is 0 Å². The first-order valence-corrected chi connectivity index (χ1v) is 12.4. The lowest BCUT2D eigenvalue weighted by Crippen LogP contribution is -2.37. The number of thioether (sulfide) groups is 1. The molecule has 2 heterocycles. The normalized spacial score (nSPS) is 15.0. The van der Waals surface area contributed by atoms with E-state index >= 15 is 0 Å². The van der Waals surface area contributed by atoms with Gasteiger partial charge < -0.3 is 10.3 Å². The van der Waals surface area contributed by atoms with Crippen molar-refractivity contribution in [3.05, 3.63) is 45.6 Å². The Hall–Kier alpha value is -2.12. The Morgan fingerprint density at radius 1 is 1.23 bits per heavy atom. The first-order chi connectivity index (χ1) is 14.5. The molecule has 2 N–H and O–H groups in total. The summed E-state index contributed by atoms with van der Waals surface area (Å²) < 4.78 is 0. The van der Waals surface area contributed by atoms with Crippen molar-refractivity contribution in [3.8, 4) is 11.1 Å². The number of carbonyl (C=O) groups excluding carboxylic acids is 1. The SMILES string of the molecule is CC(C)c1ccc(-c2csc3nc(SCC(=O)NC4CCCCC4)[nH]c(=O)c23)cc1.